The summed E-state index contributed by atoms with van der Waals surface area (Å²) >= 11 is 0. The van der Waals surface area contributed by atoms with Gasteiger partial charge in [-0.2, -0.15) is 0 Å². The standard InChI is InChI=1S/C19H40/c1-7-11-14-17(5)15-16-19(6,10-4)18(12-8-2)13-9-3/h17-18H,7-16H2,1-6H3. The van der Waals surface area contributed by atoms with Crippen molar-refractivity contribution >= 4 is 0 Å². The van der Waals surface area contributed by atoms with Gasteiger partial charge >= 0.3 is 0 Å². The Morgan fingerprint density at radius 2 is 1.37 bits per heavy atom. The Labute approximate surface area is 123 Å². The van der Waals surface area contributed by atoms with E-state index in [1.807, 2.05) is 0 Å². The summed E-state index contributed by atoms with van der Waals surface area (Å²) < 4.78 is 0. The molecule has 0 spiro atoms. The molecule has 0 aromatic carbocycles. The van der Waals surface area contributed by atoms with Gasteiger partial charge in [-0.25, -0.2) is 0 Å². The average Bonchev–Trinajstić information content (AvgIpc) is 2.42. The normalized spacial score (nSPS) is 16.6. The van der Waals surface area contributed by atoms with Gasteiger partial charge < -0.3 is 0 Å². The monoisotopic (exact) mass is 268 g/mol. The zero-order chi connectivity index (χ0) is 14.7. The summed E-state index contributed by atoms with van der Waals surface area (Å²) in [6.07, 6.45) is 14.0. The Kier molecular flexibility index (Phi) is 10.7. The molecule has 0 radical (unpaired) electrons. The molecule has 0 heterocycles. The van der Waals surface area contributed by atoms with E-state index in [0.717, 1.165) is 11.8 Å². The fraction of sp³-hybridized carbons (Fsp3) is 1.00. The highest BCUT2D eigenvalue weighted by molar-refractivity contribution is 4.82. The van der Waals surface area contributed by atoms with E-state index in [1.165, 1.54) is 64.2 Å². The fourth-order valence-electron chi connectivity index (χ4n) is 3.48. The van der Waals surface area contributed by atoms with Gasteiger partial charge in [-0.3, -0.25) is 0 Å². The molecule has 2 unspecified atom stereocenters. The van der Waals surface area contributed by atoms with Crippen molar-refractivity contribution in [3.05, 3.63) is 0 Å². The van der Waals surface area contributed by atoms with Crippen molar-refractivity contribution in [2.24, 2.45) is 17.3 Å². The summed E-state index contributed by atoms with van der Waals surface area (Å²) in [4.78, 5) is 0. The van der Waals surface area contributed by atoms with Crippen LogP contribution in [0.25, 0.3) is 0 Å². The third-order valence-corrected chi connectivity index (χ3v) is 5.33. The van der Waals surface area contributed by atoms with E-state index in [1.54, 1.807) is 0 Å². The maximum Gasteiger partial charge on any atom is -0.0300 e. The smallest absolute Gasteiger partial charge is 0.0300 e. The summed E-state index contributed by atoms with van der Waals surface area (Å²) in [6, 6.07) is 0. The van der Waals surface area contributed by atoms with Crippen molar-refractivity contribution in [3.8, 4) is 0 Å². The molecule has 0 aromatic heterocycles. The highest BCUT2D eigenvalue weighted by atomic mass is 14.4. The van der Waals surface area contributed by atoms with E-state index < -0.39 is 0 Å². The van der Waals surface area contributed by atoms with E-state index in [2.05, 4.69) is 41.5 Å². The van der Waals surface area contributed by atoms with Crippen molar-refractivity contribution in [1.82, 2.24) is 0 Å². The molecule has 19 heavy (non-hydrogen) atoms. The molecule has 2 atom stereocenters. The summed E-state index contributed by atoms with van der Waals surface area (Å²) in [7, 11) is 0. The largest absolute Gasteiger partial charge is 0.0654 e. The van der Waals surface area contributed by atoms with Gasteiger partial charge in [0, 0.05) is 0 Å². The van der Waals surface area contributed by atoms with Gasteiger partial charge in [-0.05, 0) is 23.7 Å². The second-order valence-corrected chi connectivity index (χ2v) is 7.07. The maximum absolute atomic E-state index is 2.57. The van der Waals surface area contributed by atoms with Gasteiger partial charge in [0.25, 0.3) is 0 Å². The average molecular weight is 269 g/mol. The highest BCUT2D eigenvalue weighted by Gasteiger charge is 2.31. The molecule has 0 aliphatic carbocycles. The molecule has 0 saturated heterocycles. The first-order valence-electron chi connectivity index (χ1n) is 9.03. The molecule has 0 aliphatic rings. The van der Waals surface area contributed by atoms with Crippen LogP contribution in [0.15, 0.2) is 0 Å². The van der Waals surface area contributed by atoms with Crippen molar-refractivity contribution in [1.29, 1.82) is 0 Å². The van der Waals surface area contributed by atoms with Crippen molar-refractivity contribution in [2.45, 2.75) is 106 Å². The summed E-state index contributed by atoms with van der Waals surface area (Å²) in [5, 5.41) is 0. The lowest BCUT2D eigenvalue weighted by molar-refractivity contribution is 0.127. The molecule has 0 aromatic rings. The number of rotatable bonds is 12. The van der Waals surface area contributed by atoms with E-state index >= 15 is 0 Å². The molecule has 0 amide bonds. The van der Waals surface area contributed by atoms with Crippen LogP contribution in [-0.2, 0) is 0 Å². The molecule has 0 nitrogen and oxygen atoms in total. The maximum atomic E-state index is 2.57. The number of hydrogen-bond acceptors (Lipinski definition) is 0. The van der Waals surface area contributed by atoms with E-state index in [9.17, 15) is 0 Å². The van der Waals surface area contributed by atoms with Gasteiger partial charge in [0.1, 0.15) is 0 Å². The molecule has 0 heteroatoms. The summed E-state index contributed by atoms with van der Waals surface area (Å²) in [6.45, 7) is 14.4. The first-order chi connectivity index (χ1) is 9.03. The molecule has 0 fully saturated rings. The predicted octanol–water partition coefficient (Wildman–Crippen LogP) is 7.23. The van der Waals surface area contributed by atoms with Gasteiger partial charge in [0.05, 0.1) is 0 Å². The summed E-state index contributed by atoms with van der Waals surface area (Å²) in [5.74, 6) is 1.88. The second-order valence-electron chi connectivity index (χ2n) is 7.07. The van der Waals surface area contributed by atoms with Gasteiger partial charge in [0.15, 0.2) is 0 Å². The molecular formula is C19H40. The Bertz CT molecular complexity index is 190. The van der Waals surface area contributed by atoms with Gasteiger partial charge in [-0.1, -0.05) is 99.3 Å². The topological polar surface area (TPSA) is 0 Å². The van der Waals surface area contributed by atoms with Gasteiger partial charge in [0.2, 0.25) is 0 Å². The third-order valence-electron chi connectivity index (χ3n) is 5.33. The Hall–Kier alpha value is 0. The van der Waals surface area contributed by atoms with Crippen LogP contribution in [0, 0.1) is 17.3 Å². The predicted molar refractivity (Wildman–Crippen MR) is 89.6 cm³/mol. The molecule has 0 saturated carbocycles. The first kappa shape index (κ1) is 19.0. The molecule has 0 N–H and O–H groups in total. The van der Waals surface area contributed by atoms with Crippen molar-refractivity contribution < 1.29 is 0 Å². The second kappa shape index (κ2) is 10.7. The quantitative estimate of drug-likeness (QED) is 0.350. The Morgan fingerprint density at radius 1 is 0.789 bits per heavy atom. The van der Waals surface area contributed by atoms with Crippen molar-refractivity contribution in [3.63, 3.8) is 0 Å². The lowest BCUT2D eigenvalue weighted by Gasteiger charge is -2.38. The van der Waals surface area contributed by atoms with Crippen LogP contribution in [-0.4, -0.2) is 0 Å². The van der Waals surface area contributed by atoms with Crippen LogP contribution in [0.3, 0.4) is 0 Å². The number of hydrogen-bond donors (Lipinski definition) is 0. The Morgan fingerprint density at radius 3 is 1.79 bits per heavy atom. The molecular weight excluding hydrogens is 228 g/mol. The van der Waals surface area contributed by atoms with E-state index in [-0.39, 0.29) is 0 Å². The van der Waals surface area contributed by atoms with Crippen LogP contribution >= 0.6 is 0 Å². The molecule has 0 aliphatic heterocycles. The van der Waals surface area contributed by atoms with Crippen LogP contribution < -0.4 is 0 Å². The first-order valence-corrected chi connectivity index (χ1v) is 9.03. The summed E-state index contributed by atoms with van der Waals surface area (Å²) in [5.41, 5.74) is 0.590. The minimum Gasteiger partial charge on any atom is -0.0654 e. The third kappa shape index (κ3) is 7.37. The minimum absolute atomic E-state index is 0.590. The Balaban J connectivity index is 4.38. The zero-order valence-corrected chi connectivity index (χ0v) is 14.7. The van der Waals surface area contributed by atoms with E-state index in [4.69, 9.17) is 0 Å². The molecule has 116 valence electrons. The molecule has 0 bridgehead atoms. The van der Waals surface area contributed by atoms with E-state index in [0.29, 0.717) is 5.41 Å². The highest BCUT2D eigenvalue weighted by Crippen LogP contribution is 2.42. The van der Waals surface area contributed by atoms with Crippen LogP contribution in [0.1, 0.15) is 106 Å². The van der Waals surface area contributed by atoms with Gasteiger partial charge in [-0.15, -0.1) is 0 Å². The van der Waals surface area contributed by atoms with Crippen LogP contribution in [0.5, 0.6) is 0 Å². The van der Waals surface area contributed by atoms with Crippen molar-refractivity contribution in [2.75, 3.05) is 0 Å². The SMILES string of the molecule is CCCCC(C)CCC(C)(CC)C(CCC)CCC. The number of unbranched alkanes of at least 4 members (excludes halogenated alkanes) is 1. The molecule has 0 rings (SSSR count). The van der Waals surface area contributed by atoms with Crippen LogP contribution in [0.4, 0.5) is 0 Å². The minimum atomic E-state index is 0.590. The lowest BCUT2D eigenvalue weighted by atomic mass is 9.67. The fourth-order valence-corrected chi connectivity index (χ4v) is 3.48. The zero-order valence-electron chi connectivity index (χ0n) is 14.7. The lowest BCUT2D eigenvalue weighted by Crippen LogP contribution is -2.27. The van der Waals surface area contributed by atoms with Crippen LogP contribution in [0.2, 0.25) is 0 Å².